The average molecular weight is 363 g/mol. The molecule has 6 heteroatoms. The Kier molecular flexibility index (Phi) is 4.59. The Bertz CT molecular complexity index is 678. The number of hydrogen-bond donors (Lipinski definition) is 2. The summed E-state index contributed by atoms with van der Waals surface area (Å²) in [4.78, 5) is 12.3. The lowest BCUT2D eigenvalue weighted by atomic mass is 9.95. The van der Waals surface area contributed by atoms with Crippen LogP contribution in [0.15, 0.2) is 28.7 Å². The van der Waals surface area contributed by atoms with Crippen molar-refractivity contribution in [3.8, 4) is 5.69 Å². The highest BCUT2D eigenvalue weighted by Gasteiger charge is 2.25. The summed E-state index contributed by atoms with van der Waals surface area (Å²) in [5.74, 6) is -0.125. The van der Waals surface area contributed by atoms with Crippen LogP contribution in [-0.4, -0.2) is 28.8 Å². The molecule has 3 N–H and O–H groups in total. The van der Waals surface area contributed by atoms with Crippen molar-refractivity contribution in [1.29, 1.82) is 0 Å². The molecule has 1 amide bonds. The average Bonchev–Trinajstić information content (AvgIpc) is 2.93. The van der Waals surface area contributed by atoms with Gasteiger partial charge in [-0.15, -0.1) is 0 Å². The quantitative estimate of drug-likeness (QED) is 0.875. The predicted molar refractivity (Wildman–Crippen MR) is 89.3 cm³/mol. The molecule has 0 fully saturated rings. The number of carbonyl (C=O) groups excluding carboxylic acids is 1. The largest absolute Gasteiger partial charge is 0.349 e. The van der Waals surface area contributed by atoms with Crippen molar-refractivity contribution < 1.29 is 4.79 Å². The SMILES string of the molecule is NCCNC(=O)c1nn(-c2ccc(Br)cc2)c2c1CCCC2. The number of halogens is 1. The zero-order valence-electron chi connectivity index (χ0n) is 12.3. The second-order valence-corrected chi connectivity index (χ2v) is 6.33. The third kappa shape index (κ3) is 2.94. The molecule has 1 aromatic carbocycles. The van der Waals surface area contributed by atoms with Crippen LogP contribution in [0.3, 0.4) is 0 Å². The number of carbonyl (C=O) groups is 1. The van der Waals surface area contributed by atoms with Gasteiger partial charge in [-0.2, -0.15) is 5.10 Å². The van der Waals surface area contributed by atoms with E-state index in [2.05, 4.69) is 26.3 Å². The molecule has 1 aliphatic carbocycles. The van der Waals surface area contributed by atoms with Crippen LogP contribution in [0.4, 0.5) is 0 Å². The summed E-state index contributed by atoms with van der Waals surface area (Å²) in [6.07, 6.45) is 4.12. The first kappa shape index (κ1) is 15.2. The van der Waals surface area contributed by atoms with Gasteiger partial charge in [0.05, 0.1) is 5.69 Å². The molecule has 2 aromatic rings. The predicted octanol–water partition coefficient (Wildman–Crippen LogP) is 2.20. The number of fused-ring (bicyclic) bond motifs is 1. The summed E-state index contributed by atoms with van der Waals surface area (Å²) in [6.45, 7) is 0.903. The van der Waals surface area contributed by atoms with Crippen LogP contribution in [0.2, 0.25) is 0 Å². The molecule has 22 heavy (non-hydrogen) atoms. The van der Waals surface area contributed by atoms with Crippen LogP contribution in [0.25, 0.3) is 5.69 Å². The van der Waals surface area contributed by atoms with Crippen LogP contribution in [0, 0.1) is 0 Å². The van der Waals surface area contributed by atoms with Crippen LogP contribution in [-0.2, 0) is 12.8 Å². The lowest BCUT2D eigenvalue weighted by Crippen LogP contribution is -2.30. The van der Waals surface area contributed by atoms with Gasteiger partial charge in [0, 0.05) is 28.8 Å². The number of benzene rings is 1. The normalized spacial score (nSPS) is 13.7. The van der Waals surface area contributed by atoms with E-state index in [1.165, 1.54) is 0 Å². The van der Waals surface area contributed by atoms with Crippen molar-refractivity contribution in [1.82, 2.24) is 15.1 Å². The fourth-order valence-corrected chi connectivity index (χ4v) is 3.11. The lowest BCUT2D eigenvalue weighted by molar-refractivity contribution is 0.0948. The number of amides is 1. The number of rotatable bonds is 4. The fourth-order valence-electron chi connectivity index (χ4n) is 2.85. The maximum Gasteiger partial charge on any atom is 0.272 e. The molecule has 0 spiro atoms. The van der Waals surface area contributed by atoms with Crippen molar-refractivity contribution in [3.05, 3.63) is 45.7 Å². The standard InChI is InChI=1S/C16H19BrN4O/c17-11-5-7-12(8-6-11)21-14-4-2-1-3-13(14)15(20-21)16(22)19-10-9-18/h5-8H,1-4,9-10,18H2,(H,19,22). The molecule has 3 rings (SSSR count). The van der Waals surface area contributed by atoms with Gasteiger partial charge in [0.1, 0.15) is 0 Å². The van der Waals surface area contributed by atoms with E-state index in [-0.39, 0.29) is 5.91 Å². The Hall–Kier alpha value is -1.66. The van der Waals surface area contributed by atoms with Crippen LogP contribution >= 0.6 is 15.9 Å². The van der Waals surface area contributed by atoms with Crippen molar-refractivity contribution in [3.63, 3.8) is 0 Å². The van der Waals surface area contributed by atoms with Gasteiger partial charge in [-0.1, -0.05) is 15.9 Å². The van der Waals surface area contributed by atoms with Crippen LogP contribution in [0.5, 0.6) is 0 Å². The maximum atomic E-state index is 12.3. The Morgan fingerprint density at radius 3 is 2.73 bits per heavy atom. The molecule has 1 aliphatic rings. The minimum Gasteiger partial charge on any atom is -0.349 e. The molecular formula is C16H19BrN4O. The highest BCUT2D eigenvalue weighted by atomic mass is 79.9. The molecule has 0 saturated heterocycles. The summed E-state index contributed by atoms with van der Waals surface area (Å²) < 4.78 is 2.94. The molecule has 1 heterocycles. The second-order valence-electron chi connectivity index (χ2n) is 5.41. The molecule has 0 bridgehead atoms. The minimum absolute atomic E-state index is 0.125. The molecule has 0 radical (unpaired) electrons. The number of aromatic nitrogens is 2. The van der Waals surface area contributed by atoms with Crippen molar-refractivity contribution >= 4 is 21.8 Å². The van der Waals surface area contributed by atoms with E-state index >= 15 is 0 Å². The zero-order valence-corrected chi connectivity index (χ0v) is 13.9. The van der Waals surface area contributed by atoms with Gasteiger partial charge in [-0.25, -0.2) is 4.68 Å². The van der Waals surface area contributed by atoms with Gasteiger partial charge >= 0.3 is 0 Å². The molecule has 0 saturated carbocycles. The van der Waals surface area contributed by atoms with Crippen molar-refractivity contribution in [2.24, 2.45) is 5.73 Å². The van der Waals surface area contributed by atoms with Crippen molar-refractivity contribution in [2.75, 3.05) is 13.1 Å². The lowest BCUT2D eigenvalue weighted by Gasteiger charge is -2.14. The van der Waals surface area contributed by atoms with Gasteiger partial charge in [0.2, 0.25) is 0 Å². The number of nitrogens with one attached hydrogen (secondary N) is 1. The summed E-state index contributed by atoms with van der Waals surface area (Å²) in [5.41, 5.74) is 9.24. The van der Waals surface area contributed by atoms with Gasteiger partial charge in [0.25, 0.3) is 5.91 Å². The molecular weight excluding hydrogens is 344 g/mol. The molecule has 0 atom stereocenters. The number of hydrogen-bond acceptors (Lipinski definition) is 3. The van der Waals surface area contributed by atoms with E-state index < -0.39 is 0 Å². The van der Waals surface area contributed by atoms with E-state index in [4.69, 9.17) is 5.73 Å². The fraction of sp³-hybridized carbons (Fsp3) is 0.375. The van der Waals surface area contributed by atoms with E-state index in [1.807, 2.05) is 28.9 Å². The molecule has 0 aliphatic heterocycles. The smallest absolute Gasteiger partial charge is 0.272 e. The van der Waals surface area contributed by atoms with Crippen LogP contribution in [0.1, 0.15) is 34.6 Å². The highest BCUT2D eigenvalue weighted by Crippen LogP contribution is 2.27. The third-order valence-corrected chi connectivity index (χ3v) is 4.43. The Balaban J connectivity index is 2.02. The van der Waals surface area contributed by atoms with Gasteiger partial charge in [-0.3, -0.25) is 4.79 Å². The Morgan fingerprint density at radius 1 is 1.27 bits per heavy atom. The summed E-state index contributed by atoms with van der Waals surface area (Å²) in [5, 5.41) is 7.42. The maximum absolute atomic E-state index is 12.3. The van der Waals surface area contributed by atoms with Crippen LogP contribution < -0.4 is 11.1 Å². The first-order valence-electron chi connectivity index (χ1n) is 7.55. The summed E-state index contributed by atoms with van der Waals surface area (Å²) >= 11 is 3.44. The number of nitrogens with two attached hydrogens (primary N) is 1. The zero-order chi connectivity index (χ0) is 15.5. The Morgan fingerprint density at radius 2 is 2.00 bits per heavy atom. The topological polar surface area (TPSA) is 72.9 Å². The molecule has 0 unspecified atom stereocenters. The minimum atomic E-state index is -0.125. The third-order valence-electron chi connectivity index (χ3n) is 3.90. The van der Waals surface area contributed by atoms with Gasteiger partial charge < -0.3 is 11.1 Å². The first-order valence-corrected chi connectivity index (χ1v) is 8.35. The van der Waals surface area contributed by atoms with E-state index in [1.54, 1.807) is 0 Å². The highest BCUT2D eigenvalue weighted by molar-refractivity contribution is 9.10. The molecule has 116 valence electrons. The molecule has 5 nitrogen and oxygen atoms in total. The monoisotopic (exact) mass is 362 g/mol. The number of nitrogens with zero attached hydrogens (tertiary/aromatic N) is 2. The van der Waals surface area contributed by atoms with Gasteiger partial charge in [0.15, 0.2) is 5.69 Å². The van der Waals surface area contributed by atoms with Crippen molar-refractivity contribution in [2.45, 2.75) is 25.7 Å². The first-order chi connectivity index (χ1) is 10.7. The van der Waals surface area contributed by atoms with E-state index in [0.717, 1.165) is 47.1 Å². The molecule has 1 aromatic heterocycles. The summed E-state index contributed by atoms with van der Waals surface area (Å²) in [6, 6.07) is 7.99. The Labute approximate surface area is 138 Å². The second kappa shape index (κ2) is 6.62. The summed E-state index contributed by atoms with van der Waals surface area (Å²) in [7, 11) is 0. The van der Waals surface area contributed by atoms with Gasteiger partial charge in [-0.05, 0) is 49.9 Å². The van der Waals surface area contributed by atoms with E-state index in [9.17, 15) is 4.79 Å². The van der Waals surface area contributed by atoms with E-state index in [0.29, 0.717) is 18.8 Å².